The maximum atomic E-state index is 11.9. The molecule has 2 rings (SSSR count). The number of aliphatic hydroxyl groups excluding tert-OH is 4. The predicted octanol–water partition coefficient (Wildman–Crippen LogP) is -3.65. The Morgan fingerprint density at radius 1 is 1.43 bits per heavy atom. The minimum Gasteiger partial charge on any atom is -0.467 e. The number of carbonyl (C=O) groups is 1. The van der Waals surface area contributed by atoms with Crippen LogP contribution in [-0.2, 0) is 14.3 Å². The highest BCUT2D eigenvalue weighted by molar-refractivity contribution is 5.75. The number of aromatic amines is 1. The number of hydrogen-bond donors (Lipinski definition) is 5. The lowest BCUT2D eigenvalue weighted by molar-refractivity contribution is -0.150. The Labute approximate surface area is 128 Å². The van der Waals surface area contributed by atoms with Crippen molar-refractivity contribution in [2.75, 3.05) is 13.7 Å². The predicted molar refractivity (Wildman–Crippen MR) is 71.3 cm³/mol. The molecule has 2 unspecified atom stereocenters. The molecule has 0 aliphatic carbocycles. The number of aliphatic hydroxyl groups is 4. The third-order valence-corrected chi connectivity index (χ3v) is 3.51. The summed E-state index contributed by atoms with van der Waals surface area (Å²) in [5.41, 5.74) is -2.52. The van der Waals surface area contributed by atoms with E-state index in [4.69, 9.17) is 9.84 Å². The Hall–Kier alpha value is -2.05. The third kappa shape index (κ3) is 3.04. The summed E-state index contributed by atoms with van der Waals surface area (Å²) in [7, 11) is 1.00. The van der Waals surface area contributed by atoms with Crippen molar-refractivity contribution in [2.45, 2.75) is 30.6 Å². The number of methoxy groups -OCH3 is 1. The molecule has 5 atom stereocenters. The van der Waals surface area contributed by atoms with Gasteiger partial charge in [-0.15, -0.1) is 0 Å². The molecule has 1 aromatic rings. The molecule has 0 amide bonds. The van der Waals surface area contributed by atoms with Gasteiger partial charge in [-0.2, -0.15) is 0 Å². The number of carbonyl (C=O) groups excluding carboxylic acids is 1. The van der Waals surface area contributed by atoms with E-state index >= 15 is 0 Å². The Kier molecular flexibility index (Phi) is 4.97. The normalized spacial score (nSPS) is 28.6. The minimum atomic E-state index is -1.95. The summed E-state index contributed by atoms with van der Waals surface area (Å²) in [6.07, 6.45) is -6.72. The molecule has 1 aliphatic rings. The minimum absolute atomic E-state index is 0.505. The van der Waals surface area contributed by atoms with E-state index in [2.05, 4.69) is 4.74 Å². The van der Waals surface area contributed by atoms with Crippen LogP contribution in [0.15, 0.2) is 15.8 Å². The van der Waals surface area contributed by atoms with Gasteiger partial charge in [0.15, 0.2) is 12.3 Å². The molecule has 0 radical (unpaired) electrons. The van der Waals surface area contributed by atoms with Crippen LogP contribution in [-0.4, -0.2) is 68.0 Å². The van der Waals surface area contributed by atoms with Crippen LogP contribution in [0, 0.1) is 0 Å². The summed E-state index contributed by atoms with van der Waals surface area (Å²) >= 11 is 0. The van der Waals surface area contributed by atoms with Crippen LogP contribution in [0.3, 0.4) is 0 Å². The molecule has 11 heteroatoms. The van der Waals surface area contributed by atoms with E-state index < -0.39 is 60.0 Å². The molecule has 5 N–H and O–H groups in total. The summed E-state index contributed by atoms with van der Waals surface area (Å²) in [6, 6.07) is 0. The lowest BCUT2D eigenvalue weighted by Crippen LogP contribution is -2.39. The zero-order valence-electron chi connectivity index (χ0n) is 11.9. The number of esters is 1. The van der Waals surface area contributed by atoms with Gasteiger partial charge in [0, 0.05) is 6.20 Å². The summed E-state index contributed by atoms with van der Waals surface area (Å²) in [5, 5.41) is 38.4. The summed E-state index contributed by atoms with van der Waals surface area (Å²) in [5.74, 6) is -1.12. The Bertz CT molecular complexity index is 697. The fourth-order valence-corrected chi connectivity index (χ4v) is 2.23. The quantitative estimate of drug-likeness (QED) is 0.349. The fraction of sp³-hybridized carbons (Fsp3) is 0.583. The van der Waals surface area contributed by atoms with E-state index in [0.717, 1.165) is 13.3 Å². The molecule has 0 aromatic carbocycles. The van der Waals surface area contributed by atoms with Crippen LogP contribution in [0.2, 0.25) is 0 Å². The number of nitrogens with one attached hydrogen (secondary N) is 1. The second-order valence-electron chi connectivity index (χ2n) is 4.91. The number of H-pyrrole nitrogens is 1. The molecule has 2 heterocycles. The van der Waals surface area contributed by atoms with E-state index in [1.807, 2.05) is 4.98 Å². The summed E-state index contributed by atoms with van der Waals surface area (Å²) in [4.78, 5) is 36.8. The first kappa shape index (κ1) is 17.3. The van der Waals surface area contributed by atoms with Gasteiger partial charge in [-0.05, 0) is 0 Å². The Morgan fingerprint density at radius 3 is 2.61 bits per heavy atom. The molecular formula is C12H16N2O9. The largest absolute Gasteiger partial charge is 0.467 e. The van der Waals surface area contributed by atoms with Crippen molar-refractivity contribution < 1.29 is 34.7 Å². The van der Waals surface area contributed by atoms with Crippen molar-refractivity contribution in [3.05, 3.63) is 32.6 Å². The van der Waals surface area contributed by atoms with Gasteiger partial charge < -0.3 is 29.9 Å². The Morgan fingerprint density at radius 2 is 2.09 bits per heavy atom. The van der Waals surface area contributed by atoms with Crippen LogP contribution in [0.1, 0.15) is 17.9 Å². The highest BCUT2D eigenvalue weighted by Gasteiger charge is 2.44. The second-order valence-corrected chi connectivity index (χ2v) is 4.91. The molecule has 0 spiro atoms. The molecule has 128 valence electrons. The van der Waals surface area contributed by atoms with Crippen LogP contribution in [0.5, 0.6) is 0 Å². The molecule has 1 aliphatic heterocycles. The standard InChI is InChI=1S/C12H16N2O9/c1-22-11(20)6(16)4-2-14(12(21)13-9(4)19)10-8(18)7(17)5(3-15)23-10/h2,5-8,10,15-18H,3H2,1H3,(H,13,19,21)/t5-,6?,7?,8+,10-/m1/s1. The number of ether oxygens (including phenoxy) is 2. The first-order valence-electron chi connectivity index (χ1n) is 6.55. The SMILES string of the molecule is COC(=O)C(O)c1cn([C@@H]2O[C@H](CO)C(O)[C@@H]2O)c(=O)[nH]c1=O. The lowest BCUT2D eigenvalue weighted by atomic mass is 10.1. The summed E-state index contributed by atoms with van der Waals surface area (Å²) in [6.45, 7) is -0.607. The molecule has 0 saturated carbocycles. The molecule has 0 bridgehead atoms. The van der Waals surface area contributed by atoms with E-state index in [0.29, 0.717) is 4.57 Å². The van der Waals surface area contributed by atoms with Crippen LogP contribution < -0.4 is 11.2 Å². The average molecular weight is 332 g/mol. The molecule has 1 saturated heterocycles. The molecule has 1 fully saturated rings. The number of hydrogen-bond acceptors (Lipinski definition) is 9. The first-order chi connectivity index (χ1) is 10.8. The van der Waals surface area contributed by atoms with Gasteiger partial charge in [0.2, 0.25) is 0 Å². The molecular weight excluding hydrogens is 316 g/mol. The Balaban J connectivity index is 2.46. The van der Waals surface area contributed by atoms with E-state index in [1.165, 1.54) is 0 Å². The number of rotatable bonds is 4. The van der Waals surface area contributed by atoms with Crippen LogP contribution >= 0.6 is 0 Å². The van der Waals surface area contributed by atoms with Gasteiger partial charge >= 0.3 is 11.7 Å². The second kappa shape index (κ2) is 6.60. The fourth-order valence-electron chi connectivity index (χ4n) is 2.23. The molecule has 1 aromatic heterocycles. The maximum Gasteiger partial charge on any atom is 0.339 e. The number of nitrogens with zero attached hydrogens (tertiary/aromatic N) is 1. The number of aromatic nitrogens is 2. The van der Waals surface area contributed by atoms with E-state index in [1.54, 1.807) is 0 Å². The third-order valence-electron chi connectivity index (χ3n) is 3.51. The van der Waals surface area contributed by atoms with Crippen molar-refractivity contribution in [1.29, 1.82) is 0 Å². The highest BCUT2D eigenvalue weighted by Crippen LogP contribution is 2.28. The van der Waals surface area contributed by atoms with Gasteiger partial charge in [0.05, 0.1) is 19.3 Å². The first-order valence-corrected chi connectivity index (χ1v) is 6.55. The van der Waals surface area contributed by atoms with Crippen LogP contribution in [0.25, 0.3) is 0 Å². The smallest absolute Gasteiger partial charge is 0.339 e. The van der Waals surface area contributed by atoms with E-state index in [-0.39, 0.29) is 0 Å². The van der Waals surface area contributed by atoms with Crippen molar-refractivity contribution in [2.24, 2.45) is 0 Å². The van der Waals surface area contributed by atoms with Gasteiger partial charge in [0.1, 0.15) is 18.3 Å². The van der Waals surface area contributed by atoms with E-state index in [9.17, 15) is 29.7 Å². The molecule has 23 heavy (non-hydrogen) atoms. The highest BCUT2D eigenvalue weighted by atomic mass is 16.6. The topological polar surface area (TPSA) is 171 Å². The van der Waals surface area contributed by atoms with Gasteiger partial charge in [-0.1, -0.05) is 0 Å². The van der Waals surface area contributed by atoms with Crippen molar-refractivity contribution in [3.8, 4) is 0 Å². The maximum absolute atomic E-state index is 11.9. The van der Waals surface area contributed by atoms with Gasteiger partial charge in [-0.25, -0.2) is 9.59 Å². The lowest BCUT2D eigenvalue weighted by Gasteiger charge is -2.18. The summed E-state index contributed by atoms with van der Waals surface area (Å²) < 4.78 is 10.2. The van der Waals surface area contributed by atoms with Gasteiger partial charge in [0.25, 0.3) is 5.56 Å². The average Bonchev–Trinajstić information content (AvgIpc) is 2.81. The van der Waals surface area contributed by atoms with Crippen molar-refractivity contribution >= 4 is 5.97 Å². The molecule has 11 nitrogen and oxygen atoms in total. The van der Waals surface area contributed by atoms with Crippen molar-refractivity contribution in [1.82, 2.24) is 9.55 Å². The van der Waals surface area contributed by atoms with Crippen molar-refractivity contribution in [3.63, 3.8) is 0 Å². The monoisotopic (exact) mass is 332 g/mol. The van der Waals surface area contributed by atoms with Gasteiger partial charge in [-0.3, -0.25) is 14.3 Å². The van der Waals surface area contributed by atoms with Crippen LogP contribution in [0.4, 0.5) is 0 Å². The zero-order valence-corrected chi connectivity index (χ0v) is 11.9. The zero-order chi connectivity index (χ0) is 17.3.